The molecule has 0 saturated carbocycles. The molecule has 0 fully saturated rings. The Labute approximate surface area is 189 Å². The molecule has 0 heterocycles. The van der Waals surface area contributed by atoms with E-state index in [4.69, 9.17) is 19.7 Å². The number of benzene rings is 3. The normalized spacial score (nSPS) is 10.1. The van der Waals surface area contributed by atoms with E-state index in [9.17, 15) is 0 Å². The van der Waals surface area contributed by atoms with E-state index in [0.717, 1.165) is 33.4 Å². The lowest BCUT2D eigenvalue weighted by molar-refractivity contribution is 0.0815. The van der Waals surface area contributed by atoms with Crippen LogP contribution in [0.3, 0.4) is 0 Å². The quantitative estimate of drug-likeness (QED) is 0.428. The zero-order valence-corrected chi connectivity index (χ0v) is 17.9. The van der Waals surface area contributed by atoms with Crippen LogP contribution in [0.2, 0.25) is 0 Å². The van der Waals surface area contributed by atoms with Crippen LogP contribution in [0.15, 0.2) is 72.8 Å². The summed E-state index contributed by atoms with van der Waals surface area (Å²) in [5, 5.41) is 17.6. The van der Waals surface area contributed by atoms with Crippen LogP contribution in [0.1, 0.15) is 33.4 Å². The lowest BCUT2D eigenvalue weighted by atomic mass is 10.1. The van der Waals surface area contributed by atoms with Gasteiger partial charge in [0, 0.05) is 22.3 Å². The van der Waals surface area contributed by atoms with Gasteiger partial charge in [0.25, 0.3) is 0 Å². The van der Waals surface area contributed by atoms with Crippen LogP contribution < -0.4 is 0 Å². The third-order valence-corrected chi connectivity index (χ3v) is 4.43. The van der Waals surface area contributed by atoms with Crippen molar-refractivity contribution in [2.75, 3.05) is 26.4 Å². The summed E-state index contributed by atoms with van der Waals surface area (Å²) >= 11 is 0. The summed E-state index contributed by atoms with van der Waals surface area (Å²) in [6, 6.07) is 23.6. The summed E-state index contributed by atoms with van der Waals surface area (Å²) in [7, 11) is 0. The maximum Gasteiger partial charge on any atom is 0.0718 e. The monoisotopic (exact) mass is 426 g/mol. The lowest BCUT2D eigenvalue weighted by Crippen LogP contribution is -1.99. The Kier molecular flexibility index (Phi) is 9.55. The van der Waals surface area contributed by atoms with Crippen LogP contribution in [-0.4, -0.2) is 36.6 Å². The molecule has 4 heteroatoms. The molecule has 0 aliphatic rings. The molecule has 0 radical (unpaired) electrons. The van der Waals surface area contributed by atoms with Gasteiger partial charge in [-0.25, -0.2) is 0 Å². The molecule has 4 nitrogen and oxygen atoms in total. The second-order valence-corrected chi connectivity index (χ2v) is 7.03. The van der Waals surface area contributed by atoms with E-state index >= 15 is 0 Å². The van der Waals surface area contributed by atoms with Gasteiger partial charge in [0.05, 0.1) is 39.6 Å². The molecule has 162 valence electrons. The molecule has 0 atom stereocenters. The van der Waals surface area contributed by atoms with Crippen LogP contribution in [0.25, 0.3) is 0 Å². The van der Waals surface area contributed by atoms with Gasteiger partial charge in [0.15, 0.2) is 0 Å². The van der Waals surface area contributed by atoms with Gasteiger partial charge in [-0.2, -0.15) is 0 Å². The maximum atomic E-state index is 8.82. The maximum absolute atomic E-state index is 8.82. The average molecular weight is 427 g/mol. The predicted octanol–water partition coefficient (Wildman–Crippen LogP) is 3.50. The zero-order valence-electron chi connectivity index (χ0n) is 17.9. The van der Waals surface area contributed by atoms with Crippen molar-refractivity contribution in [3.63, 3.8) is 0 Å². The minimum Gasteiger partial charge on any atom is -0.394 e. The molecular formula is C28H26O4. The lowest BCUT2D eigenvalue weighted by Gasteiger charge is -2.02. The fraction of sp³-hybridized carbons (Fsp3) is 0.214. The van der Waals surface area contributed by atoms with E-state index in [1.54, 1.807) is 0 Å². The first-order valence-electron chi connectivity index (χ1n) is 10.5. The van der Waals surface area contributed by atoms with Crippen molar-refractivity contribution in [2.45, 2.75) is 13.2 Å². The van der Waals surface area contributed by atoms with E-state index in [0.29, 0.717) is 26.4 Å². The molecule has 0 unspecified atom stereocenters. The number of hydrogen-bond donors (Lipinski definition) is 2. The molecule has 0 aromatic heterocycles. The Morgan fingerprint density at radius 1 is 0.531 bits per heavy atom. The number of aliphatic hydroxyl groups is 2. The summed E-state index contributed by atoms with van der Waals surface area (Å²) in [6.45, 7) is 1.59. The Morgan fingerprint density at radius 3 is 1.31 bits per heavy atom. The van der Waals surface area contributed by atoms with Crippen molar-refractivity contribution in [2.24, 2.45) is 0 Å². The third-order valence-electron chi connectivity index (χ3n) is 4.43. The first-order valence-corrected chi connectivity index (χ1v) is 10.5. The smallest absolute Gasteiger partial charge is 0.0718 e. The minimum atomic E-state index is 0.0171. The van der Waals surface area contributed by atoms with E-state index in [1.807, 2.05) is 72.8 Å². The van der Waals surface area contributed by atoms with Crippen molar-refractivity contribution in [1.82, 2.24) is 0 Å². The summed E-state index contributed by atoms with van der Waals surface area (Å²) in [5.74, 6) is 12.8. The first-order chi connectivity index (χ1) is 15.8. The molecule has 0 aliphatic carbocycles. The van der Waals surface area contributed by atoms with Gasteiger partial charge >= 0.3 is 0 Å². The van der Waals surface area contributed by atoms with Gasteiger partial charge in [-0.1, -0.05) is 54.0 Å². The van der Waals surface area contributed by atoms with Gasteiger partial charge in [-0.05, 0) is 53.6 Å². The van der Waals surface area contributed by atoms with Crippen LogP contribution in [0, 0.1) is 23.7 Å². The Bertz CT molecular complexity index is 1040. The molecule has 3 aromatic rings. The molecule has 3 rings (SSSR count). The van der Waals surface area contributed by atoms with Crippen molar-refractivity contribution in [3.8, 4) is 23.7 Å². The number of ether oxygens (including phenoxy) is 2. The molecule has 0 spiro atoms. The largest absolute Gasteiger partial charge is 0.394 e. The topological polar surface area (TPSA) is 58.9 Å². The second-order valence-electron chi connectivity index (χ2n) is 7.03. The van der Waals surface area contributed by atoms with Crippen LogP contribution >= 0.6 is 0 Å². The summed E-state index contributed by atoms with van der Waals surface area (Å²) in [6.07, 6.45) is 0. The van der Waals surface area contributed by atoms with Crippen LogP contribution in [0.4, 0.5) is 0 Å². The Hall–Kier alpha value is -3.38. The second kappa shape index (κ2) is 13.1. The average Bonchev–Trinajstić information content (AvgIpc) is 2.83. The summed E-state index contributed by atoms with van der Waals surface area (Å²) < 4.78 is 10.7. The molecular weight excluding hydrogens is 400 g/mol. The van der Waals surface area contributed by atoms with Crippen LogP contribution in [-0.2, 0) is 22.7 Å². The SMILES string of the molecule is OCCOCc1cccc(C#Cc2cccc(C#Cc3cccc(COCCO)c3)c2)c1. The van der Waals surface area contributed by atoms with Crippen LogP contribution in [0.5, 0.6) is 0 Å². The molecule has 0 bridgehead atoms. The zero-order chi connectivity index (χ0) is 22.4. The standard InChI is InChI=1S/C28H26O4/c29-14-16-31-21-27-8-2-6-25(19-27)12-10-23-4-1-5-24(18-23)11-13-26-7-3-9-28(20-26)22-32-17-15-30/h1-9,18-20,29-30H,14-17,21-22H2. The molecule has 2 N–H and O–H groups in total. The fourth-order valence-electron chi connectivity index (χ4n) is 2.95. The summed E-state index contributed by atoms with van der Waals surface area (Å²) in [4.78, 5) is 0. The predicted molar refractivity (Wildman–Crippen MR) is 125 cm³/mol. The molecule has 0 aliphatic heterocycles. The van der Waals surface area contributed by atoms with Crippen molar-refractivity contribution < 1.29 is 19.7 Å². The van der Waals surface area contributed by atoms with Gasteiger partial charge in [0.2, 0.25) is 0 Å². The highest BCUT2D eigenvalue weighted by Crippen LogP contribution is 2.09. The van der Waals surface area contributed by atoms with E-state index in [1.165, 1.54) is 0 Å². The molecule has 0 saturated heterocycles. The Morgan fingerprint density at radius 2 is 0.906 bits per heavy atom. The van der Waals surface area contributed by atoms with E-state index < -0.39 is 0 Å². The highest BCUT2D eigenvalue weighted by molar-refractivity contribution is 5.49. The fourth-order valence-corrected chi connectivity index (χ4v) is 2.95. The highest BCUT2D eigenvalue weighted by atomic mass is 16.5. The van der Waals surface area contributed by atoms with Gasteiger partial charge in [0.1, 0.15) is 0 Å². The van der Waals surface area contributed by atoms with Gasteiger partial charge in [-0.3, -0.25) is 0 Å². The van der Waals surface area contributed by atoms with Crippen molar-refractivity contribution in [3.05, 3.63) is 106 Å². The van der Waals surface area contributed by atoms with Gasteiger partial charge < -0.3 is 19.7 Å². The number of rotatable bonds is 8. The third kappa shape index (κ3) is 8.04. The van der Waals surface area contributed by atoms with E-state index in [2.05, 4.69) is 23.7 Å². The summed E-state index contributed by atoms with van der Waals surface area (Å²) in [5.41, 5.74) is 5.65. The minimum absolute atomic E-state index is 0.0171. The first kappa shape index (κ1) is 23.3. The number of aliphatic hydroxyl groups excluding tert-OH is 2. The molecule has 32 heavy (non-hydrogen) atoms. The highest BCUT2D eigenvalue weighted by Gasteiger charge is 1.97. The van der Waals surface area contributed by atoms with Crippen molar-refractivity contribution >= 4 is 0 Å². The van der Waals surface area contributed by atoms with Gasteiger partial charge in [-0.15, -0.1) is 0 Å². The molecule has 0 amide bonds. The molecule has 3 aromatic carbocycles. The van der Waals surface area contributed by atoms with E-state index in [-0.39, 0.29) is 13.2 Å². The van der Waals surface area contributed by atoms with Crippen molar-refractivity contribution in [1.29, 1.82) is 0 Å². The Balaban J connectivity index is 1.68. The number of hydrogen-bond acceptors (Lipinski definition) is 4.